The number of aryl methyl sites for hydroxylation is 2. The molecule has 2 nitrogen and oxygen atoms in total. The van der Waals surface area contributed by atoms with Crippen LogP contribution in [0.25, 0.3) is 0 Å². The molecule has 2 heteroatoms. The van der Waals surface area contributed by atoms with Crippen LogP contribution in [-0.2, 0) is 5.60 Å². The van der Waals surface area contributed by atoms with Crippen molar-refractivity contribution in [3.63, 3.8) is 0 Å². The smallest absolute Gasteiger partial charge is 0.0936 e. The first kappa shape index (κ1) is 16.5. The summed E-state index contributed by atoms with van der Waals surface area (Å²) in [5.41, 5.74) is 8.89. The summed E-state index contributed by atoms with van der Waals surface area (Å²) in [7, 11) is 0. The van der Waals surface area contributed by atoms with Crippen molar-refractivity contribution in [2.75, 3.05) is 6.54 Å². The van der Waals surface area contributed by atoms with Gasteiger partial charge >= 0.3 is 0 Å². The van der Waals surface area contributed by atoms with Gasteiger partial charge in [0.2, 0.25) is 0 Å². The van der Waals surface area contributed by atoms with Gasteiger partial charge in [-0.1, -0.05) is 43.2 Å². The van der Waals surface area contributed by atoms with E-state index < -0.39 is 5.60 Å². The zero-order valence-electron chi connectivity index (χ0n) is 14.3. The van der Waals surface area contributed by atoms with Crippen molar-refractivity contribution in [2.45, 2.75) is 65.9 Å². The van der Waals surface area contributed by atoms with Crippen LogP contribution in [0.2, 0.25) is 0 Å². The fraction of sp³-hybridized carbons (Fsp3) is 0.684. The van der Waals surface area contributed by atoms with Crippen LogP contribution in [0.3, 0.4) is 0 Å². The van der Waals surface area contributed by atoms with Crippen LogP contribution in [0.15, 0.2) is 18.2 Å². The lowest BCUT2D eigenvalue weighted by atomic mass is 9.57. The minimum atomic E-state index is -0.866. The second-order valence-corrected chi connectivity index (χ2v) is 8.10. The van der Waals surface area contributed by atoms with Gasteiger partial charge in [0.1, 0.15) is 0 Å². The van der Waals surface area contributed by atoms with E-state index in [-0.39, 0.29) is 5.41 Å². The molecule has 1 saturated carbocycles. The van der Waals surface area contributed by atoms with Gasteiger partial charge in [0.25, 0.3) is 0 Å². The third-order valence-electron chi connectivity index (χ3n) is 5.77. The molecule has 1 aromatic carbocycles. The molecule has 1 fully saturated rings. The highest BCUT2D eigenvalue weighted by Gasteiger charge is 2.50. The van der Waals surface area contributed by atoms with E-state index >= 15 is 0 Å². The first-order valence-electron chi connectivity index (χ1n) is 8.13. The van der Waals surface area contributed by atoms with Crippen LogP contribution in [0.4, 0.5) is 0 Å². The molecule has 0 aromatic heterocycles. The molecular formula is C19H31NO. The lowest BCUT2D eigenvalue weighted by molar-refractivity contribution is -0.105. The Morgan fingerprint density at radius 1 is 1.05 bits per heavy atom. The first-order valence-corrected chi connectivity index (χ1v) is 8.13. The molecule has 0 aliphatic heterocycles. The number of aliphatic hydroxyl groups is 1. The molecule has 21 heavy (non-hydrogen) atoms. The molecule has 0 heterocycles. The molecular weight excluding hydrogens is 258 g/mol. The summed E-state index contributed by atoms with van der Waals surface area (Å²) in [5.74, 6) is 0. The van der Waals surface area contributed by atoms with Gasteiger partial charge in [0, 0.05) is 12.0 Å². The van der Waals surface area contributed by atoms with Crippen molar-refractivity contribution in [3.05, 3.63) is 34.9 Å². The Morgan fingerprint density at radius 3 is 1.95 bits per heavy atom. The van der Waals surface area contributed by atoms with E-state index in [2.05, 4.69) is 45.9 Å². The van der Waals surface area contributed by atoms with Gasteiger partial charge in [0.05, 0.1) is 5.60 Å². The lowest BCUT2D eigenvalue weighted by Gasteiger charge is -2.51. The maximum Gasteiger partial charge on any atom is 0.0936 e. The number of hydrogen-bond donors (Lipinski definition) is 2. The van der Waals surface area contributed by atoms with Crippen LogP contribution >= 0.6 is 0 Å². The third kappa shape index (κ3) is 3.02. The minimum Gasteiger partial charge on any atom is -0.385 e. The number of benzene rings is 1. The zero-order valence-corrected chi connectivity index (χ0v) is 14.3. The quantitative estimate of drug-likeness (QED) is 0.881. The molecule has 1 aromatic rings. The Balaban J connectivity index is 2.40. The zero-order chi connectivity index (χ0) is 15.9. The minimum absolute atomic E-state index is 0.206. The average molecular weight is 289 g/mol. The van der Waals surface area contributed by atoms with Crippen LogP contribution in [-0.4, -0.2) is 11.7 Å². The van der Waals surface area contributed by atoms with Crippen molar-refractivity contribution in [2.24, 2.45) is 16.6 Å². The maximum atomic E-state index is 11.4. The topological polar surface area (TPSA) is 46.2 Å². The summed E-state index contributed by atoms with van der Waals surface area (Å²) in [6, 6.07) is 6.38. The monoisotopic (exact) mass is 289 g/mol. The van der Waals surface area contributed by atoms with Crippen molar-refractivity contribution >= 4 is 0 Å². The van der Waals surface area contributed by atoms with Crippen molar-refractivity contribution in [1.82, 2.24) is 0 Å². The molecule has 1 aliphatic carbocycles. The average Bonchev–Trinajstić information content (AvgIpc) is 2.38. The molecule has 1 unspecified atom stereocenters. The fourth-order valence-electron chi connectivity index (χ4n) is 3.86. The Morgan fingerprint density at radius 2 is 1.52 bits per heavy atom. The Kier molecular flexibility index (Phi) is 4.25. The molecule has 0 amide bonds. The normalized spacial score (nSPS) is 23.6. The summed E-state index contributed by atoms with van der Waals surface area (Å²) >= 11 is 0. The van der Waals surface area contributed by atoms with Gasteiger partial charge in [-0.25, -0.2) is 0 Å². The van der Waals surface area contributed by atoms with Crippen LogP contribution in [0.5, 0.6) is 0 Å². The summed E-state index contributed by atoms with van der Waals surface area (Å²) < 4.78 is 0. The predicted octanol–water partition coefficient (Wildman–Crippen LogP) is 4.06. The van der Waals surface area contributed by atoms with Crippen LogP contribution in [0, 0.1) is 24.7 Å². The van der Waals surface area contributed by atoms with Gasteiger partial charge < -0.3 is 10.8 Å². The molecule has 3 N–H and O–H groups in total. The van der Waals surface area contributed by atoms with Crippen molar-refractivity contribution in [3.8, 4) is 0 Å². The largest absolute Gasteiger partial charge is 0.385 e. The van der Waals surface area contributed by atoms with E-state index in [0.717, 1.165) is 31.2 Å². The van der Waals surface area contributed by atoms with E-state index in [9.17, 15) is 5.11 Å². The molecule has 1 atom stereocenters. The van der Waals surface area contributed by atoms with E-state index in [1.54, 1.807) is 0 Å². The van der Waals surface area contributed by atoms with Crippen molar-refractivity contribution < 1.29 is 5.11 Å². The molecule has 0 spiro atoms. The van der Waals surface area contributed by atoms with E-state index in [1.165, 1.54) is 11.1 Å². The Bertz CT molecular complexity index is 486. The lowest BCUT2D eigenvalue weighted by Crippen LogP contribution is -2.51. The summed E-state index contributed by atoms with van der Waals surface area (Å²) in [5, 5.41) is 11.4. The first-order chi connectivity index (χ1) is 9.62. The fourth-order valence-corrected chi connectivity index (χ4v) is 3.86. The van der Waals surface area contributed by atoms with Crippen LogP contribution in [0.1, 0.15) is 63.1 Å². The molecule has 1 aliphatic rings. The number of rotatable bonds is 3. The van der Waals surface area contributed by atoms with E-state index in [1.807, 2.05) is 6.92 Å². The third-order valence-corrected chi connectivity index (χ3v) is 5.77. The van der Waals surface area contributed by atoms with E-state index in [0.29, 0.717) is 12.0 Å². The second-order valence-electron chi connectivity index (χ2n) is 8.10. The van der Waals surface area contributed by atoms with Gasteiger partial charge in [-0.2, -0.15) is 0 Å². The standard InChI is InChI=1S/C19H31NO/c1-14-10-15(2)12-16(11-14)18(5,21)19(13-20)8-6-17(3,4)7-9-19/h10-12,21H,6-9,13,20H2,1-5H3. The number of nitrogens with two attached hydrogens (primary N) is 1. The SMILES string of the molecule is Cc1cc(C)cc(C(C)(O)C2(CN)CCC(C)(C)CC2)c1. The van der Waals surface area contributed by atoms with Gasteiger partial charge in [0.15, 0.2) is 0 Å². The Labute approximate surface area is 129 Å². The van der Waals surface area contributed by atoms with Crippen molar-refractivity contribution in [1.29, 1.82) is 0 Å². The second kappa shape index (κ2) is 5.40. The molecule has 118 valence electrons. The summed E-state index contributed by atoms with van der Waals surface area (Å²) in [6.07, 6.45) is 4.25. The van der Waals surface area contributed by atoms with Gasteiger partial charge in [-0.3, -0.25) is 0 Å². The van der Waals surface area contributed by atoms with Crippen LogP contribution < -0.4 is 5.73 Å². The van der Waals surface area contributed by atoms with Gasteiger partial charge in [-0.05, 0) is 57.4 Å². The summed E-state index contributed by atoms with van der Waals surface area (Å²) in [4.78, 5) is 0. The molecule has 0 bridgehead atoms. The highest BCUT2D eigenvalue weighted by atomic mass is 16.3. The highest BCUT2D eigenvalue weighted by molar-refractivity contribution is 5.34. The number of hydrogen-bond acceptors (Lipinski definition) is 2. The molecule has 0 radical (unpaired) electrons. The Hall–Kier alpha value is -0.860. The highest BCUT2D eigenvalue weighted by Crippen LogP contribution is 2.53. The summed E-state index contributed by atoms with van der Waals surface area (Å²) in [6.45, 7) is 11.3. The molecule has 2 rings (SSSR count). The molecule has 0 saturated heterocycles. The predicted molar refractivity (Wildman–Crippen MR) is 89.2 cm³/mol. The maximum absolute atomic E-state index is 11.4. The van der Waals surface area contributed by atoms with Gasteiger partial charge in [-0.15, -0.1) is 0 Å². The van der Waals surface area contributed by atoms with E-state index in [4.69, 9.17) is 5.73 Å².